The van der Waals surface area contributed by atoms with Crippen LogP contribution in [-0.4, -0.2) is 48.0 Å². The molecule has 1 aromatic heterocycles. The Morgan fingerprint density at radius 3 is 2.63 bits per heavy atom. The molecular formula is C24H27N3O3. The van der Waals surface area contributed by atoms with Crippen molar-refractivity contribution in [2.75, 3.05) is 20.3 Å². The number of carbonyl (C=O) groups excluding carboxylic acids is 2. The summed E-state index contributed by atoms with van der Waals surface area (Å²) in [4.78, 5) is 32.0. The Kier molecular flexibility index (Phi) is 5.59. The van der Waals surface area contributed by atoms with E-state index in [1.165, 1.54) is 0 Å². The Balaban J connectivity index is 1.92. The van der Waals surface area contributed by atoms with E-state index in [4.69, 9.17) is 4.74 Å². The van der Waals surface area contributed by atoms with Crippen LogP contribution in [0.15, 0.2) is 54.7 Å². The van der Waals surface area contributed by atoms with Gasteiger partial charge in [-0.15, -0.1) is 0 Å². The Morgan fingerprint density at radius 2 is 1.87 bits per heavy atom. The molecule has 0 bridgehead atoms. The minimum atomic E-state index is -0.516. The highest BCUT2D eigenvalue weighted by atomic mass is 16.5. The van der Waals surface area contributed by atoms with Crippen molar-refractivity contribution in [3.05, 3.63) is 71.4 Å². The number of nitrogens with zero attached hydrogens (tertiary/aromatic N) is 1. The predicted octanol–water partition coefficient (Wildman–Crippen LogP) is 3.62. The van der Waals surface area contributed by atoms with Crippen molar-refractivity contribution in [1.29, 1.82) is 0 Å². The molecule has 0 aliphatic carbocycles. The molecule has 2 aromatic carbocycles. The number of nitrogens with one attached hydrogen (secondary N) is 2. The van der Waals surface area contributed by atoms with Crippen LogP contribution in [0.2, 0.25) is 0 Å². The number of amides is 2. The van der Waals surface area contributed by atoms with Crippen molar-refractivity contribution in [2.24, 2.45) is 0 Å². The van der Waals surface area contributed by atoms with E-state index < -0.39 is 12.0 Å². The van der Waals surface area contributed by atoms with Gasteiger partial charge in [0.05, 0.1) is 18.6 Å². The van der Waals surface area contributed by atoms with Gasteiger partial charge in [-0.05, 0) is 31.5 Å². The number of carbonyl (C=O) groups is 2. The number of hydrogen-bond donors (Lipinski definition) is 2. The molecule has 4 rings (SSSR count). The lowest BCUT2D eigenvalue weighted by Gasteiger charge is -2.41. The van der Waals surface area contributed by atoms with Crippen molar-refractivity contribution in [3.63, 3.8) is 0 Å². The van der Waals surface area contributed by atoms with Crippen LogP contribution < -0.4 is 5.32 Å². The number of methoxy groups -OCH3 is 1. The zero-order chi connectivity index (χ0) is 21.3. The second-order valence-corrected chi connectivity index (χ2v) is 7.95. The molecule has 2 unspecified atom stereocenters. The van der Waals surface area contributed by atoms with Crippen molar-refractivity contribution in [1.82, 2.24) is 15.2 Å². The minimum Gasteiger partial charge on any atom is -0.383 e. The standard InChI is InChI=1S/C24H27N3O3/c1-15(2)26-23(28)21-17-9-4-5-10-18(17)24(29)27(12-13-30-3)22(21)19-14-25-20-11-7-6-8-16(19)20/h4-11,14-15,21-22,25H,12-13H2,1-3H3,(H,26,28). The number of para-hydroxylation sites is 1. The number of fused-ring (bicyclic) bond motifs is 2. The lowest BCUT2D eigenvalue weighted by atomic mass is 9.79. The number of H-pyrrole nitrogens is 1. The fourth-order valence-electron chi connectivity index (χ4n) is 4.37. The Bertz CT molecular complexity index is 1070. The van der Waals surface area contributed by atoms with Crippen LogP contribution in [0, 0.1) is 0 Å². The Labute approximate surface area is 176 Å². The van der Waals surface area contributed by atoms with Crippen molar-refractivity contribution >= 4 is 22.7 Å². The van der Waals surface area contributed by atoms with E-state index in [0.29, 0.717) is 18.7 Å². The normalized spacial score (nSPS) is 18.7. The quantitative estimate of drug-likeness (QED) is 0.658. The van der Waals surface area contributed by atoms with Gasteiger partial charge >= 0.3 is 0 Å². The lowest BCUT2D eigenvalue weighted by molar-refractivity contribution is -0.124. The molecule has 6 nitrogen and oxygen atoms in total. The van der Waals surface area contributed by atoms with Crippen LogP contribution >= 0.6 is 0 Å². The highest BCUT2D eigenvalue weighted by Gasteiger charge is 2.44. The Morgan fingerprint density at radius 1 is 1.13 bits per heavy atom. The van der Waals surface area contributed by atoms with Crippen molar-refractivity contribution in [2.45, 2.75) is 31.8 Å². The number of aromatic amines is 1. The third-order valence-corrected chi connectivity index (χ3v) is 5.63. The molecule has 2 heterocycles. The first-order chi connectivity index (χ1) is 14.5. The number of benzene rings is 2. The molecule has 0 radical (unpaired) electrons. The fraction of sp³-hybridized carbons (Fsp3) is 0.333. The summed E-state index contributed by atoms with van der Waals surface area (Å²) in [5.74, 6) is -0.675. The summed E-state index contributed by atoms with van der Waals surface area (Å²) in [7, 11) is 1.62. The second-order valence-electron chi connectivity index (χ2n) is 7.95. The SMILES string of the molecule is COCCN1C(=O)c2ccccc2C(C(=O)NC(C)C)C1c1c[nH]c2ccccc12. The van der Waals surface area contributed by atoms with Gasteiger partial charge < -0.3 is 19.9 Å². The molecule has 156 valence electrons. The van der Waals surface area contributed by atoms with Gasteiger partial charge in [0.2, 0.25) is 5.91 Å². The van der Waals surface area contributed by atoms with Gasteiger partial charge in [0, 0.05) is 47.9 Å². The van der Waals surface area contributed by atoms with E-state index >= 15 is 0 Å². The highest BCUT2D eigenvalue weighted by Crippen LogP contribution is 2.44. The molecule has 0 saturated carbocycles. The van der Waals surface area contributed by atoms with E-state index in [1.807, 2.05) is 62.5 Å². The van der Waals surface area contributed by atoms with Gasteiger partial charge in [-0.1, -0.05) is 36.4 Å². The van der Waals surface area contributed by atoms with E-state index in [9.17, 15) is 9.59 Å². The van der Waals surface area contributed by atoms with Gasteiger partial charge in [0.25, 0.3) is 5.91 Å². The molecule has 0 fully saturated rings. The van der Waals surface area contributed by atoms with Gasteiger partial charge in [-0.25, -0.2) is 0 Å². The van der Waals surface area contributed by atoms with Crippen LogP contribution in [0.5, 0.6) is 0 Å². The molecule has 1 aliphatic heterocycles. The zero-order valence-corrected chi connectivity index (χ0v) is 17.5. The summed E-state index contributed by atoms with van der Waals surface area (Å²) in [6.45, 7) is 4.69. The molecule has 6 heteroatoms. The molecule has 0 saturated heterocycles. The maximum absolute atomic E-state index is 13.5. The first kappa shape index (κ1) is 20.2. The molecule has 0 spiro atoms. The summed E-state index contributed by atoms with van der Waals surface area (Å²) in [6.07, 6.45) is 1.92. The molecule has 1 aliphatic rings. The molecule has 3 aromatic rings. The Hall–Kier alpha value is -3.12. The van der Waals surface area contributed by atoms with Crippen LogP contribution in [-0.2, 0) is 9.53 Å². The number of ether oxygens (including phenoxy) is 1. The van der Waals surface area contributed by atoms with Gasteiger partial charge in [-0.3, -0.25) is 9.59 Å². The van der Waals surface area contributed by atoms with Gasteiger partial charge in [0.15, 0.2) is 0 Å². The van der Waals surface area contributed by atoms with E-state index in [2.05, 4.69) is 10.3 Å². The smallest absolute Gasteiger partial charge is 0.254 e. The minimum absolute atomic E-state index is 0.00154. The van der Waals surface area contributed by atoms with Crippen LogP contribution in [0.4, 0.5) is 0 Å². The first-order valence-electron chi connectivity index (χ1n) is 10.3. The van der Waals surface area contributed by atoms with Crippen molar-refractivity contribution < 1.29 is 14.3 Å². The van der Waals surface area contributed by atoms with Crippen LogP contribution in [0.3, 0.4) is 0 Å². The lowest BCUT2D eigenvalue weighted by Crippen LogP contribution is -2.49. The highest BCUT2D eigenvalue weighted by molar-refractivity contribution is 6.02. The van der Waals surface area contributed by atoms with Gasteiger partial charge in [0.1, 0.15) is 0 Å². The average Bonchev–Trinajstić information content (AvgIpc) is 3.16. The van der Waals surface area contributed by atoms with Crippen molar-refractivity contribution in [3.8, 4) is 0 Å². The summed E-state index contributed by atoms with van der Waals surface area (Å²) < 4.78 is 5.29. The summed E-state index contributed by atoms with van der Waals surface area (Å²) in [6, 6.07) is 15.0. The molecule has 2 amide bonds. The molecule has 2 atom stereocenters. The zero-order valence-electron chi connectivity index (χ0n) is 17.5. The van der Waals surface area contributed by atoms with E-state index in [1.54, 1.807) is 18.1 Å². The number of aromatic nitrogens is 1. The summed E-state index contributed by atoms with van der Waals surface area (Å²) in [5, 5.41) is 4.08. The molecule has 2 N–H and O–H groups in total. The van der Waals surface area contributed by atoms with E-state index in [0.717, 1.165) is 22.0 Å². The second kappa shape index (κ2) is 8.32. The maximum atomic E-state index is 13.5. The maximum Gasteiger partial charge on any atom is 0.254 e. The fourth-order valence-corrected chi connectivity index (χ4v) is 4.37. The topological polar surface area (TPSA) is 74.4 Å². The monoisotopic (exact) mass is 405 g/mol. The third kappa shape index (κ3) is 3.48. The third-order valence-electron chi connectivity index (χ3n) is 5.63. The largest absolute Gasteiger partial charge is 0.383 e. The summed E-state index contributed by atoms with van der Waals surface area (Å²) in [5.41, 5.74) is 3.26. The average molecular weight is 405 g/mol. The predicted molar refractivity (Wildman–Crippen MR) is 116 cm³/mol. The van der Waals surface area contributed by atoms with Gasteiger partial charge in [-0.2, -0.15) is 0 Å². The van der Waals surface area contributed by atoms with E-state index in [-0.39, 0.29) is 17.9 Å². The number of hydrogen-bond acceptors (Lipinski definition) is 3. The van der Waals surface area contributed by atoms with Crippen LogP contribution in [0.1, 0.15) is 47.3 Å². The molecule has 30 heavy (non-hydrogen) atoms. The summed E-state index contributed by atoms with van der Waals surface area (Å²) >= 11 is 0. The number of rotatable bonds is 6. The molecular weight excluding hydrogens is 378 g/mol. The first-order valence-corrected chi connectivity index (χ1v) is 10.3. The van der Waals surface area contributed by atoms with Crippen LogP contribution in [0.25, 0.3) is 10.9 Å².